The number of rotatable bonds is 6. The van der Waals surface area contributed by atoms with Crippen LogP contribution in [0.2, 0.25) is 25.3 Å². The first-order valence-corrected chi connectivity index (χ1v) is 14.3. The van der Waals surface area contributed by atoms with Gasteiger partial charge in [0.2, 0.25) is 0 Å². The topological polar surface area (TPSA) is 79.8 Å². The van der Waals surface area contributed by atoms with Crippen molar-refractivity contribution in [1.29, 1.82) is 0 Å². The van der Waals surface area contributed by atoms with Crippen LogP contribution in [0.1, 0.15) is 50.5 Å². The standard InChI is InChI=1S/2C9H14BN.2C5HF6N2.2Cu/c2*1-3-10(4-2)9-6-5-7-11-8-9;2*6-4(7,8)2-1-3(13-12-2)5(9,10)11;;/h2*5-8H,3-4H2,1-2H3;2*1H;;/q;;2*-1;2*+1. The zero-order chi connectivity index (χ0) is 36.8. The quantitative estimate of drug-likeness (QED) is 0.146. The van der Waals surface area contributed by atoms with E-state index in [2.05, 4.69) is 70.2 Å². The van der Waals surface area contributed by atoms with E-state index in [0.717, 1.165) is 0 Å². The third kappa shape index (κ3) is 17.3. The van der Waals surface area contributed by atoms with Crippen molar-refractivity contribution in [1.82, 2.24) is 30.4 Å². The largest absolute Gasteiger partial charge is 1.00 e. The SMILES string of the molecule is CCB(CC)c1cccnc1.CCB(CC)c1cccnc1.FC(F)(F)c1cc(C(F)(F)F)[n-]n1.FC(F)(F)c1cc(C(F)(F)F)[n-]n1.[Cu+].[Cu+]. The van der Waals surface area contributed by atoms with Gasteiger partial charge in [-0.05, 0) is 35.7 Å². The van der Waals surface area contributed by atoms with Gasteiger partial charge in [-0.25, -0.2) is 0 Å². The van der Waals surface area contributed by atoms with E-state index in [0.29, 0.717) is 13.4 Å². The molecule has 0 aliphatic rings. The van der Waals surface area contributed by atoms with Crippen LogP contribution in [-0.2, 0) is 58.8 Å². The Kier molecular flexibility index (Phi) is 21.7. The van der Waals surface area contributed by atoms with Crippen LogP contribution in [0.15, 0.2) is 61.2 Å². The molecule has 0 aliphatic heterocycles. The monoisotopic (exact) mass is 826 g/mol. The maximum atomic E-state index is 11.7. The Bertz CT molecular complexity index is 1270. The predicted molar refractivity (Wildman–Crippen MR) is 156 cm³/mol. The molecule has 0 radical (unpaired) electrons. The molecule has 6 nitrogen and oxygen atoms in total. The van der Waals surface area contributed by atoms with Gasteiger partial charge >= 0.3 is 58.8 Å². The zero-order valence-electron chi connectivity index (χ0n) is 26.6. The Morgan fingerprint density at radius 2 is 0.820 bits per heavy atom. The first-order chi connectivity index (χ1) is 22.2. The minimum Gasteiger partial charge on any atom is -0.571 e. The molecule has 0 saturated carbocycles. The summed E-state index contributed by atoms with van der Waals surface area (Å²) in [6.07, 6.45) is -7.14. The molecule has 0 bridgehead atoms. The minimum absolute atomic E-state index is 0. The van der Waals surface area contributed by atoms with Gasteiger partial charge in [-0.2, -0.15) is 52.7 Å². The zero-order valence-corrected chi connectivity index (χ0v) is 28.5. The Hall–Kier alpha value is -2.95. The van der Waals surface area contributed by atoms with Crippen molar-refractivity contribution in [2.45, 2.75) is 77.7 Å². The van der Waals surface area contributed by atoms with Gasteiger partial charge in [0.25, 0.3) is 0 Å². The summed E-state index contributed by atoms with van der Waals surface area (Å²) >= 11 is 0. The third-order valence-electron chi connectivity index (χ3n) is 6.52. The summed E-state index contributed by atoms with van der Waals surface area (Å²) < 4.78 is 141. The van der Waals surface area contributed by atoms with E-state index >= 15 is 0 Å². The number of pyridine rings is 2. The molecule has 4 aromatic rings. The average Bonchev–Trinajstić information content (AvgIpc) is 3.72. The second kappa shape index (κ2) is 22.1. The molecule has 0 atom stereocenters. The fourth-order valence-corrected chi connectivity index (χ4v) is 3.90. The van der Waals surface area contributed by atoms with Crippen molar-refractivity contribution in [3.63, 3.8) is 0 Å². The number of alkyl halides is 12. The Morgan fingerprint density at radius 1 is 0.520 bits per heavy atom. The molecule has 0 aliphatic carbocycles. The van der Waals surface area contributed by atoms with Crippen molar-refractivity contribution in [2.24, 2.45) is 0 Å². The van der Waals surface area contributed by atoms with Gasteiger partial charge in [-0.3, -0.25) is 9.97 Å². The van der Waals surface area contributed by atoms with E-state index in [-0.39, 0.29) is 46.3 Å². The third-order valence-corrected chi connectivity index (χ3v) is 6.52. The summed E-state index contributed by atoms with van der Waals surface area (Å²) in [5.74, 6) is 0. The summed E-state index contributed by atoms with van der Waals surface area (Å²) in [7, 11) is 0. The molecule has 0 amide bonds. The van der Waals surface area contributed by atoms with Gasteiger partial charge in [-0.1, -0.05) is 76.0 Å². The number of nitrogens with zero attached hydrogens (tertiary/aromatic N) is 6. The molecule has 22 heteroatoms. The molecule has 0 fully saturated rings. The molecular formula is C28H30B2Cu2F12N6. The molecular weight excluding hydrogens is 797 g/mol. The van der Waals surface area contributed by atoms with Crippen LogP contribution in [0.3, 0.4) is 0 Å². The normalized spacial score (nSPS) is 11.2. The molecule has 4 rings (SSSR count). The van der Waals surface area contributed by atoms with Crippen LogP contribution in [0.5, 0.6) is 0 Å². The van der Waals surface area contributed by atoms with E-state index in [1.165, 1.54) is 36.2 Å². The van der Waals surface area contributed by atoms with Crippen molar-refractivity contribution >= 4 is 24.4 Å². The van der Waals surface area contributed by atoms with Crippen molar-refractivity contribution in [3.8, 4) is 0 Å². The second-order valence-corrected chi connectivity index (χ2v) is 9.82. The van der Waals surface area contributed by atoms with Gasteiger partial charge in [0.15, 0.2) is 13.4 Å². The van der Waals surface area contributed by atoms with Gasteiger partial charge in [0.1, 0.15) is 11.4 Å². The summed E-state index contributed by atoms with van der Waals surface area (Å²) in [5, 5.41) is 9.44. The molecule has 0 spiro atoms. The van der Waals surface area contributed by atoms with Crippen molar-refractivity contribution < 1.29 is 86.8 Å². The van der Waals surface area contributed by atoms with Crippen LogP contribution in [0.4, 0.5) is 52.7 Å². The van der Waals surface area contributed by atoms with Crippen LogP contribution in [-0.4, -0.2) is 33.6 Å². The molecule has 4 heterocycles. The van der Waals surface area contributed by atoms with Gasteiger partial charge < -0.3 is 20.4 Å². The molecule has 4 aromatic heterocycles. The number of hydrogen-bond donors (Lipinski definition) is 0. The van der Waals surface area contributed by atoms with Crippen LogP contribution in [0, 0.1) is 0 Å². The van der Waals surface area contributed by atoms with Crippen LogP contribution in [0.25, 0.3) is 0 Å². The summed E-state index contributed by atoms with van der Waals surface area (Å²) in [4.78, 5) is 8.20. The number of hydrogen-bond acceptors (Lipinski definition) is 4. The molecule has 0 unspecified atom stereocenters. The van der Waals surface area contributed by atoms with E-state index in [1.807, 2.05) is 36.9 Å². The Labute approximate surface area is 302 Å². The fourth-order valence-electron chi connectivity index (χ4n) is 3.90. The van der Waals surface area contributed by atoms with Gasteiger partial charge in [0.05, 0.1) is 0 Å². The number of aromatic nitrogens is 6. The summed E-state index contributed by atoms with van der Waals surface area (Å²) in [6.45, 7) is 10.3. The smallest absolute Gasteiger partial charge is 0.571 e. The van der Waals surface area contributed by atoms with E-state index < -0.39 is 47.5 Å². The van der Waals surface area contributed by atoms with Crippen LogP contribution < -0.4 is 21.1 Å². The molecule has 0 saturated heterocycles. The van der Waals surface area contributed by atoms with Crippen LogP contribution >= 0.6 is 0 Å². The average molecular weight is 827 g/mol. The number of halogens is 12. The summed E-state index contributed by atoms with van der Waals surface area (Å²) in [5.41, 5.74) is -3.81. The van der Waals surface area contributed by atoms with E-state index in [1.54, 1.807) is 0 Å². The first kappa shape index (κ1) is 49.2. The first-order valence-electron chi connectivity index (χ1n) is 14.3. The van der Waals surface area contributed by atoms with Crippen molar-refractivity contribution in [2.75, 3.05) is 0 Å². The van der Waals surface area contributed by atoms with E-state index in [9.17, 15) is 52.7 Å². The predicted octanol–water partition coefficient (Wildman–Crippen LogP) is 7.79. The Morgan fingerprint density at radius 3 is 0.980 bits per heavy atom. The van der Waals surface area contributed by atoms with E-state index in [4.69, 9.17) is 0 Å². The van der Waals surface area contributed by atoms with Crippen molar-refractivity contribution in [3.05, 3.63) is 84.0 Å². The minimum atomic E-state index is -4.89. The second-order valence-electron chi connectivity index (χ2n) is 9.82. The molecule has 284 valence electrons. The van der Waals surface area contributed by atoms with Gasteiger partial charge in [-0.15, -0.1) is 0 Å². The summed E-state index contributed by atoms with van der Waals surface area (Å²) in [6, 6.07) is 8.05. The molecule has 0 aromatic carbocycles. The van der Waals surface area contributed by atoms with Gasteiger partial charge in [0, 0.05) is 24.8 Å². The molecule has 50 heavy (non-hydrogen) atoms. The maximum absolute atomic E-state index is 11.7. The molecule has 0 N–H and O–H groups in total. The maximum Gasteiger partial charge on any atom is 1.00 e. The fraction of sp³-hybridized carbons (Fsp3) is 0.429. The Balaban J connectivity index is 0.